The molecule has 13 heavy (non-hydrogen) atoms. The van der Waals surface area contributed by atoms with Gasteiger partial charge in [-0.05, 0) is 42.9 Å². The molecule has 0 saturated heterocycles. The van der Waals surface area contributed by atoms with Gasteiger partial charge in [-0.2, -0.15) is 0 Å². The third kappa shape index (κ3) is 1.37. The molecule has 0 atom stereocenters. The molecule has 2 aliphatic carbocycles. The van der Waals surface area contributed by atoms with Gasteiger partial charge in [-0.3, -0.25) is 9.59 Å². The summed E-state index contributed by atoms with van der Waals surface area (Å²) in [6, 6.07) is 0. The van der Waals surface area contributed by atoms with E-state index in [-0.39, 0.29) is 11.6 Å². The van der Waals surface area contributed by atoms with Crippen LogP contribution in [0.4, 0.5) is 0 Å². The maximum Gasteiger partial charge on any atom is 0.159 e. The Balaban J connectivity index is 2.34. The summed E-state index contributed by atoms with van der Waals surface area (Å²) >= 11 is 0. The second kappa shape index (κ2) is 2.95. The summed E-state index contributed by atoms with van der Waals surface area (Å²) in [6.45, 7) is 1.59. The summed E-state index contributed by atoms with van der Waals surface area (Å²) in [6.07, 6.45) is 4.93. The van der Waals surface area contributed by atoms with Crippen LogP contribution in [-0.4, -0.2) is 11.6 Å². The van der Waals surface area contributed by atoms with E-state index in [2.05, 4.69) is 0 Å². The highest BCUT2D eigenvalue weighted by molar-refractivity contribution is 6.02. The molecular weight excluding hydrogens is 164 g/mol. The van der Waals surface area contributed by atoms with E-state index in [9.17, 15) is 9.59 Å². The van der Waals surface area contributed by atoms with E-state index in [0.717, 1.165) is 36.0 Å². The third-order valence-corrected chi connectivity index (χ3v) is 2.79. The molecule has 0 N–H and O–H groups in total. The number of carbonyl (C=O) groups is 2. The minimum Gasteiger partial charge on any atom is -0.295 e. The summed E-state index contributed by atoms with van der Waals surface area (Å²) < 4.78 is 0. The molecule has 0 radical (unpaired) electrons. The Morgan fingerprint density at radius 2 is 2.00 bits per heavy atom. The Kier molecular flexibility index (Phi) is 1.91. The van der Waals surface area contributed by atoms with Gasteiger partial charge < -0.3 is 0 Å². The highest BCUT2D eigenvalue weighted by atomic mass is 16.1. The number of allylic oxidation sites excluding steroid dienone is 4. The predicted molar refractivity (Wildman–Crippen MR) is 49.3 cm³/mol. The molecule has 0 amide bonds. The number of rotatable bonds is 1. The molecule has 0 aliphatic heterocycles. The first-order chi connectivity index (χ1) is 6.18. The Labute approximate surface area is 77.3 Å². The highest BCUT2D eigenvalue weighted by Gasteiger charge is 2.25. The second-order valence-corrected chi connectivity index (χ2v) is 3.65. The third-order valence-electron chi connectivity index (χ3n) is 2.79. The van der Waals surface area contributed by atoms with E-state index in [4.69, 9.17) is 0 Å². The summed E-state index contributed by atoms with van der Waals surface area (Å²) in [7, 11) is 0. The molecule has 2 nitrogen and oxygen atoms in total. The molecule has 0 heterocycles. The molecule has 0 spiro atoms. The number of ketones is 2. The first-order valence-electron chi connectivity index (χ1n) is 4.65. The van der Waals surface area contributed by atoms with Gasteiger partial charge in [0.2, 0.25) is 0 Å². The largest absolute Gasteiger partial charge is 0.295 e. The first-order valence-corrected chi connectivity index (χ1v) is 4.65. The average Bonchev–Trinajstić information content (AvgIpc) is 2.47. The van der Waals surface area contributed by atoms with E-state index in [0.29, 0.717) is 6.42 Å². The lowest BCUT2D eigenvalue weighted by Crippen LogP contribution is -2.05. The quantitative estimate of drug-likeness (QED) is 0.612. The lowest BCUT2D eigenvalue weighted by Gasteiger charge is -2.11. The molecule has 0 aromatic heterocycles. The van der Waals surface area contributed by atoms with Crippen molar-refractivity contribution >= 4 is 11.6 Å². The minimum atomic E-state index is 0.144. The molecule has 2 heteroatoms. The van der Waals surface area contributed by atoms with Crippen molar-refractivity contribution in [1.82, 2.24) is 0 Å². The van der Waals surface area contributed by atoms with Crippen molar-refractivity contribution in [3.05, 3.63) is 22.8 Å². The van der Waals surface area contributed by atoms with Gasteiger partial charge in [-0.1, -0.05) is 6.08 Å². The van der Waals surface area contributed by atoms with Crippen LogP contribution in [0, 0.1) is 0 Å². The molecule has 0 fully saturated rings. The number of carbonyl (C=O) groups excluding carboxylic acids is 2. The van der Waals surface area contributed by atoms with Gasteiger partial charge in [0.25, 0.3) is 0 Å². The first kappa shape index (κ1) is 8.42. The standard InChI is InChI=1S/C11H12O2/c1-7(12)8-2-4-10-9(6-8)3-5-11(10)13/h6H,2-5H2,1H3. The fraction of sp³-hybridized carbons (Fsp3) is 0.455. The maximum atomic E-state index is 11.3. The Bertz CT molecular complexity index is 345. The molecule has 0 aromatic rings. The summed E-state index contributed by atoms with van der Waals surface area (Å²) in [4.78, 5) is 22.4. The fourth-order valence-electron chi connectivity index (χ4n) is 2.01. The van der Waals surface area contributed by atoms with Crippen molar-refractivity contribution in [3.63, 3.8) is 0 Å². The SMILES string of the molecule is CC(=O)C1=CC2=C(CC1)C(=O)CC2. The zero-order valence-corrected chi connectivity index (χ0v) is 7.72. The zero-order chi connectivity index (χ0) is 9.42. The van der Waals surface area contributed by atoms with Crippen LogP contribution in [0.3, 0.4) is 0 Å². The average molecular weight is 176 g/mol. The lowest BCUT2D eigenvalue weighted by molar-refractivity contribution is -0.115. The molecular formula is C11H12O2. The molecule has 2 aliphatic rings. The van der Waals surface area contributed by atoms with E-state index in [1.54, 1.807) is 6.92 Å². The van der Waals surface area contributed by atoms with Crippen molar-refractivity contribution in [3.8, 4) is 0 Å². The summed E-state index contributed by atoms with van der Waals surface area (Å²) in [5.41, 5.74) is 2.97. The molecule has 0 aromatic carbocycles. The van der Waals surface area contributed by atoms with Crippen molar-refractivity contribution in [2.45, 2.75) is 32.6 Å². The van der Waals surface area contributed by atoms with Crippen LogP contribution >= 0.6 is 0 Å². The Morgan fingerprint density at radius 3 is 2.69 bits per heavy atom. The van der Waals surface area contributed by atoms with Gasteiger partial charge in [0, 0.05) is 6.42 Å². The summed E-state index contributed by atoms with van der Waals surface area (Å²) in [5.74, 6) is 0.430. The van der Waals surface area contributed by atoms with Crippen molar-refractivity contribution in [2.24, 2.45) is 0 Å². The zero-order valence-electron chi connectivity index (χ0n) is 7.72. The highest BCUT2D eigenvalue weighted by Crippen LogP contribution is 2.33. The van der Waals surface area contributed by atoms with Crippen molar-refractivity contribution in [1.29, 1.82) is 0 Å². The van der Waals surface area contributed by atoms with Crippen LogP contribution in [0.1, 0.15) is 32.6 Å². The number of hydrogen-bond acceptors (Lipinski definition) is 2. The number of hydrogen-bond donors (Lipinski definition) is 0. The molecule has 0 unspecified atom stereocenters. The normalized spacial score (nSPS) is 21.6. The van der Waals surface area contributed by atoms with Crippen LogP contribution in [0.15, 0.2) is 22.8 Å². The van der Waals surface area contributed by atoms with Gasteiger partial charge in [0.15, 0.2) is 11.6 Å². The van der Waals surface area contributed by atoms with Gasteiger partial charge in [0.1, 0.15) is 0 Å². The van der Waals surface area contributed by atoms with E-state index >= 15 is 0 Å². The van der Waals surface area contributed by atoms with Crippen LogP contribution < -0.4 is 0 Å². The van der Waals surface area contributed by atoms with Gasteiger partial charge in [0.05, 0.1) is 0 Å². The smallest absolute Gasteiger partial charge is 0.159 e. The van der Waals surface area contributed by atoms with E-state index < -0.39 is 0 Å². The van der Waals surface area contributed by atoms with Crippen LogP contribution in [0.2, 0.25) is 0 Å². The van der Waals surface area contributed by atoms with Crippen LogP contribution in [0.25, 0.3) is 0 Å². The lowest BCUT2D eigenvalue weighted by atomic mass is 9.92. The van der Waals surface area contributed by atoms with E-state index in [1.165, 1.54) is 0 Å². The van der Waals surface area contributed by atoms with Gasteiger partial charge in [-0.15, -0.1) is 0 Å². The van der Waals surface area contributed by atoms with Crippen LogP contribution in [-0.2, 0) is 9.59 Å². The van der Waals surface area contributed by atoms with Crippen LogP contribution in [0.5, 0.6) is 0 Å². The predicted octanol–water partition coefficient (Wildman–Crippen LogP) is 1.96. The Hall–Kier alpha value is -1.18. The van der Waals surface area contributed by atoms with Gasteiger partial charge >= 0.3 is 0 Å². The fourth-order valence-corrected chi connectivity index (χ4v) is 2.01. The van der Waals surface area contributed by atoms with E-state index in [1.807, 2.05) is 6.08 Å². The Morgan fingerprint density at radius 1 is 1.23 bits per heavy atom. The minimum absolute atomic E-state index is 0.144. The monoisotopic (exact) mass is 176 g/mol. The molecule has 2 rings (SSSR count). The molecule has 0 saturated carbocycles. The summed E-state index contributed by atoms with van der Waals surface area (Å²) in [5, 5.41) is 0. The van der Waals surface area contributed by atoms with Gasteiger partial charge in [-0.25, -0.2) is 0 Å². The number of Topliss-reactive ketones (excluding diaryl/α,β-unsaturated/α-hetero) is 2. The molecule has 68 valence electrons. The van der Waals surface area contributed by atoms with Crippen molar-refractivity contribution in [2.75, 3.05) is 0 Å². The van der Waals surface area contributed by atoms with Crippen molar-refractivity contribution < 1.29 is 9.59 Å². The molecule has 0 bridgehead atoms. The maximum absolute atomic E-state index is 11.3. The topological polar surface area (TPSA) is 34.1 Å². The second-order valence-electron chi connectivity index (χ2n) is 3.65.